The Labute approximate surface area is 125 Å². The molecule has 0 spiro atoms. The van der Waals surface area contributed by atoms with Gasteiger partial charge in [0.2, 0.25) is 0 Å². The first-order valence-electron chi connectivity index (χ1n) is 7.32. The van der Waals surface area contributed by atoms with E-state index in [2.05, 4.69) is 65.2 Å². The van der Waals surface area contributed by atoms with Gasteiger partial charge in [0.05, 0.1) is 0 Å². The van der Waals surface area contributed by atoms with Crippen LogP contribution in [-0.4, -0.2) is 9.55 Å². The van der Waals surface area contributed by atoms with Gasteiger partial charge in [0.25, 0.3) is 0 Å². The van der Waals surface area contributed by atoms with Crippen LogP contribution in [0.3, 0.4) is 0 Å². The molecule has 0 radical (unpaired) electrons. The van der Waals surface area contributed by atoms with Gasteiger partial charge < -0.3 is 9.88 Å². The second-order valence-corrected chi connectivity index (χ2v) is 5.56. The number of fused-ring (bicyclic) bond motifs is 1. The van der Waals surface area contributed by atoms with Crippen molar-refractivity contribution in [3.8, 4) is 0 Å². The molecule has 108 valence electrons. The molecule has 21 heavy (non-hydrogen) atoms. The topological polar surface area (TPSA) is 29.9 Å². The maximum absolute atomic E-state index is 4.33. The van der Waals surface area contributed by atoms with Gasteiger partial charge >= 0.3 is 0 Å². The molecule has 0 amide bonds. The maximum atomic E-state index is 4.33. The number of nitrogens with zero attached hydrogens (tertiary/aromatic N) is 2. The van der Waals surface area contributed by atoms with E-state index in [1.54, 1.807) is 0 Å². The summed E-state index contributed by atoms with van der Waals surface area (Å²) in [4.78, 5) is 4.33. The van der Waals surface area contributed by atoms with Gasteiger partial charge in [-0.2, -0.15) is 0 Å². The minimum Gasteiger partial charge on any atom is -0.346 e. The Hall–Kier alpha value is -2.13. The van der Waals surface area contributed by atoms with Crippen LogP contribution >= 0.6 is 0 Å². The van der Waals surface area contributed by atoms with E-state index in [9.17, 15) is 0 Å². The lowest BCUT2D eigenvalue weighted by Gasteiger charge is -2.08. The van der Waals surface area contributed by atoms with Gasteiger partial charge in [-0.15, -0.1) is 0 Å². The molecule has 1 aromatic carbocycles. The molecule has 0 aliphatic carbocycles. The minimum atomic E-state index is 0.842. The fourth-order valence-electron chi connectivity index (χ4n) is 2.82. The van der Waals surface area contributed by atoms with E-state index in [0.29, 0.717) is 0 Å². The number of benzene rings is 1. The lowest BCUT2D eigenvalue weighted by molar-refractivity contribution is 0.655. The Morgan fingerprint density at radius 2 is 1.86 bits per heavy atom. The number of hydrogen-bond donors (Lipinski definition) is 1. The van der Waals surface area contributed by atoms with Crippen LogP contribution in [0.1, 0.15) is 22.5 Å². The van der Waals surface area contributed by atoms with E-state index in [4.69, 9.17) is 0 Å². The van der Waals surface area contributed by atoms with Gasteiger partial charge in [-0.05, 0) is 37.1 Å². The third kappa shape index (κ3) is 2.69. The first kappa shape index (κ1) is 13.8. The Morgan fingerprint density at radius 1 is 1.05 bits per heavy atom. The summed E-state index contributed by atoms with van der Waals surface area (Å²) in [5.41, 5.74) is 6.28. The molecule has 0 atom stereocenters. The monoisotopic (exact) mass is 279 g/mol. The predicted molar refractivity (Wildman–Crippen MR) is 87.2 cm³/mol. The summed E-state index contributed by atoms with van der Waals surface area (Å²) >= 11 is 0. The van der Waals surface area contributed by atoms with E-state index in [0.717, 1.165) is 18.8 Å². The van der Waals surface area contributed by atoms with Crippen molar-refractivity contribution in [1.29, 1.82) is 0 Å². The van der Waals surface area contributed by atoms with E-state index in [1.165, 1.54) is 27.7 Å². The second kappa shape index (κ2) is 5.70. The summed E-state index contributed by atoms with van der Waals surface area (Å²) in [7, 11) is 2.14. The molecule has 0 saturated heterocycles. The van der Waals surface area contributed by atoms with Gasteiger partial charge in [-0.25, -0.2) is 0 Å². The van der Waals surface area contributed by atoms with Crippen LogP contribution in [0.4, 0.5) is 0 Å². The summed E-state index contributed by atoms with van der Waals surface area (Å²) < 4.78 is 2.28. The zero-order chi connectivity index (χ0) is 14.8. The number of nitrogens with one attached hydrogen (secondary N) is 1. The van der Waals surface area contributed by atoms with Crippen molar-refractivity contribution in [2.24, 2.45) is 7.05 Å². The average Bonchev–Trinajstić information content (AvgIpc) is 2.75. The van der Waals surface area contributed by atoms with E-state index in [-0.39, 0.29) is 0 Å². The highest BCUT2D eigenvalue weighted by Crippen LogP contribution is 2.24. The number of para-hydroxylation sites is 1. The molecule has 0 bridgehead atoms. The summed E-state index contributed by atoms with van der Waals surface area (Å²) in [5, 5.41) is 4.86. The summed E-state index contributed by atoms with van der Waals surface area (Å²) in [5.74, 6) is 0. The number of aromatic nitrogens is 2. The molecule has 2 heterocycles. The first-order valence-corrected chi connectivity index (χ1v) is 7.32. The molecule has 0 aliphatic heterocycles. The van der Waals surface area contributed by atoms with E-state index < -0.39 is 0 Å². The SMILES string of the molecule is Cc1ccc(CNCc2c(C)c3ccccc3n2C)cn1. The lowest BCUT2D eigenvalue weighted by atomic mass is 10.1. The van der Waals surface area contributed by atoms with Gasteiger partial charge in [0.15, 0.2) is 0 Å². The van der Waals surface area contributed by atoms with Gasteiger partial charge in [-0.1, -0.05) is 24.3 Å². The molecule has 0 aliphatic rings. The normalized spacial score (nSPS) is 11.2. The molecule has 3 rings (SSSR count). The molecule has 3 heteroatoms. The third-order valence-corrected chi connectivity index (χ3v) is 4.10. The van der Waals surface area contributed by atoms with Crippen LogP contribution in [0.5, 0.6) is 0 Å². The van der Waals surface area contributed by atoms with Crippen molar-refractivity contribution in [3.63, 3.8) is 0 Å². The highest BCUT2D eigenvalue weighted by atomic mass is 15.0. The largest absolute Gasteiger partial charge is 0.346 e. The zero-order valence-electron chi connectivity index (χ0n) is 12.9. The van der Waals surface area contributed by atoms with E-state index >= 15 is 0 Å². The molecule has 3 nitrogen and oxygen atoms in total. The second-order valence-electron chi connectivity index (χ2n) is 5.56. The molecule has 0 saturated carbocycles. The first-order chi connectivity index (χ1) is 10.2. The predicted octanol–water partition coefficient (Wildman–Crippen LogP) is 3.48. The smallest absolute Gasteiger partial charge is 0.0483 e. The van der Waals surface area contributed by atoms with Gasteiger partial charge in [0, 0.05) is 48.6 Å². The van der Waals surface area contributed by atoms with Crippen molar-refractivity contribution >= 4 is 10.9 Å². The van der Waals surface area contributed by atoms with Gasteiger partial charge in [0.1, 0.15) is 0 Å². The Bertz CT molecular complexity index is 715. The van der Waals surface area contributed by atoms with Crippen LogP contribution in [0.2, 0.25) is 0 Å². The molecule has 0 unspecified atom stereocenters. The van der Waals surface area contributed by atoms with Crippen molar-refractivity contribution in [3.05, 3.63) is 65.1 Å². The van der Waals surface area contributed by atoms with Crippen molar-refractivity contribution in [2.45, 2.75) is 26.9 Å². The number of rotatable bonds is 4. The maximum Gasteiger partial charge on any atom is 0.0483 e. The van der Waals surface area contributed by atoms with Crippen LogP contribution in [0.15, 0.2) is 42.6 Å². The molecular formula is C18H21N3. The quantitative estimate of drug-likeness (QED) is 0.792. The van der Waals surface area contributed by atoms with Crippen molar-refractivity contribution < 1.29 is 0 Å². The lowest BCUT2D eigenvalue weighted by Crippen LogP contribution is -2.15. The summed E-state index contributed by atoms with van der Waals surface area (Å²) in [6.45, 7) is 5.92. The van der Waals surface area contributed by atoms with Crippen LogP contribution in [0, 0.1) is 13.8 Å². The molecule has 0 fully saturated rings. The minimum absolute atomic E-state index is 0.842. The van der Waals surface area contributed by atoms with Crippen molar-refractivity contribution in [1.82, 2.24) is 14.9 Å². The standard InChI is InChI=1S/C18H21N3/c1-13-8-9-15(11-20-13)10-19-12-18-14(2)16-6-4-5-7-17(16)21(18)3/h4-9,11,19H,10,12H2,1-3H3. The highest BCUT2D eigenvalue weighted by Gasteiger charge is 2.10. The summed E-state index contributed by atoms with van der Waals surface area (Å²) in [6.07, 6.45) is 1.94. The van der Waals surface area contributed by atoms with E-state index in [1.807, 2.05) is 13.1 Å². The van der Waals surface area contributed by atoms with Gasteiger partial charge in [-0.3, -0.25) is 4.98 Å². The fourth-order valence-corrected chi connectivity index (χ4v) is 2.82. The van der Waals surface area contributed by atoms with Crippen LogP contribution in [0.25, 0.3) is 10.9 Å². The number of aryl methyl sites for hydroxylation is 3. The molecule has 3 aromatic rings. The fraction of sp³-hybridized carbons (Fsp3) is 0.278. The zero-order valence-corrected chi connectivity index (χ0v) is 12.9. The summed E-state index contributed by atoms with van der Waals surface area (Å²) in [6, 6.07) is 12.7. The average molecular weight is 279 g/mol. The Morgan fingerprint density at radius 3 is 2.57 bits per heavy atom. The number of hydrogen-bond acceptors (Lipinski definition) is 2. The highest BCUT2D eigenvalue weighted by molar-refractivity contribution is 5.85. The molecule has 2 aromatic heterocycles. The van der Waals surface area contributed by atoms with Crippen molar-refractivity contribution in [2.75, 3.05) is 0 Å². The van der Waals surface area contributed by atoms with Crippen LogP contribution in [-0.2, 0) is 20.1 Å². The third-order valence-electron chi connectivity index (χ3n) is 4.10. The molecular weight excluding hydrogens is 258 g/mol. The Balaban J connectivity index is 1.75. The molecule has 1 N–H and O–H groups in total. The number of pyridine rings is 1. The van der Waals surface area contributed by atoms with Crippen LogP contribution < -0.4 is 5.32 Å². The Kier molecular flexibility index (Phi) is 3.76.